The SMILES string of the molecule is CN(C)CCNC(=O)c1cc[c]cc1. The topological polar surface area (TPSA) is 32.3 Å². The molecule has 0 saturated carbocycles. The van der Waals surface area contributed by atoms with Crippen molar-refractivity contribution in [2.45, 2.75) is 0 Å². The molecule has 3 nitrogen and oxygen atoms in total. The Labute approximate surface area is 84.7 Å². The predicted molar refractivity (Wildman–Crippen MR) is 56.2 cm³/mol. The Hall–Kier alpha value is -1.35. The van der Waals surface area contributed by atoms with Gasteiger partial charge in [0.05, 0.1) is 0 Å². The summed E-state index contributed by atoms with van der Waals surface area (Å²) in [7, 11) is 3.95. The number of nitrogens with one attached hydrogen (secondary N) is 1. The third-order valence-corrected chi connectivity index (χ3v) is 1.82. The molecule has 0 heterocycles. The first-order valence-corrected chi connectivity index (χ1v) is 4.59. The molecule has 0 bridgehead atoms. The van der Waals surface area contributed by atoms with Crippen LogP contribution in [0.15, 0.2) is 24.3 Å². The highest BCUT2D eigenvalue weighted by atomic mass is 16.1. The van der Waals surface area contributed by atoms with Crippen molar-refractivity contribution >= 4 is 5.91 Å². The second-order valence-corrected chi connectivity index (χ2v) is 3.35. The van der Waals surface area contributed by atoms with Crippen LogP contribution in [0.25, 0.3) is 0 Å². The molecule has 0 fully saturated rings. The largest absolute Gasteiger partial charge is 0.351 e. The number of hydrogen-bond donors (Lipinski definition) is 1. The van der Waals surface area contributed by atoms with Crippen LogP contribution in [0.3, 0.4) is 0 Å². The minimum atomic E-state index is -0.0270. The summed E-state index contributed by atoms with van der Waals surface area (Å²) in [6.07, 6.45) is 0. The van der Waals surface area contributed by atoms with E-state index >= 15 is 0 Å². The van der Waals surface area contributed by atoms with Gasteiger partial charge in [0.15, 0.2) is 0 Å². The summed E-state index contributed by atoms with van der Waals surface area (Å²) in [5, 5.41) is 2.84. The van der Waals surface area contributed by atoms with Crippen molar-refractivity contribution in [3.8, 4) is 0 Å². The molecule has 1 radical (unpaired) electrons. The molecule has 0 unspecified atom stereocenters. The van der Waals surface area contributed by atoms with Crippen LogP contribution in [0.2, 0.25) is 0 Å². The van der Waals surface area contributed by atoms with Crippen molar-refractivity contribution in [3.63, 3.8) is 0 Å². The number of carbonyl (C=O) groups is 1. The average molecular weight is 191 g/mol. The lowest BCUT2D eigenvalue weighted by Crippen LogP contribution is -2.31. The van der Waals surface area contributed by atoms with Crippen LogP contribution in [-0.4, -0.2) is 38.0 Å². The number of carbonyl (C=O) groups excluding carboxylic acids is 1. The van der Waals surface area contributed by atoms with Gasteiger partial charge >= 0.3 is 0 Å². The van der Waals surface area contributed by atoms with Crippen LogP contribution in [-0.2, 0) is 0 Å². The van der Waals surface area contributed by atoms with E-state index in [1.165, 1.54) is 0 Å². The molecule has 3 heteroatoms. The van der Waals surface area contributed by atoms with Gasteiger partial charge in [-0.25, -0.2) is 0 Å². The fraction of sp³-hybridized carbons (Fsp3) is 0.364. The maximum Gasteiger partial charge on any atom is 0.251 e. The molecule has 0 saturated heterocycles. The van der Waals surface area contributed by atoms with E-state index in [1.54, 1.807) is 24.3 Å². The zero-order chi connectivity index (χ0) is 10.4. The van der Waals surface area contributed by atoms with E-state index in [0.29, 0.717) is 12.1 Å². The summed E-state index contributed by atoms with van der Waals surface area (Å²) in [5.41, 5.74) is 0.683. The Balaban J connectivity index is 2.36. The van der Waals surface area contributed by atoms with Crippen LogP contribution >= 0.6 is 0 Å². The summed E-state index contributed by atoms with van der Waals surface area (Å²) in [5.74, 6) is -0.0270. The molecule has 0 aliphatic heterocycles. The van der Waals surface area contributed by atoms with Crippen molar-refractivity contribution < 1.29 is 4.79 Å². The van der Waals surface area contributed by atoms with E-state index in [-0.39, 0.29) is 5.91 Å². The van der Waals surface area contributed by atoms with Crippen LogP contribution < -0.4 is 5.32 Å². The van der Waals surface area contributed by atoms with E-state index in [2.05, 4.69) is 11.4 Å². The summed E-state index contributed by atoms with van der Waals surface area (Å²) < 4.78 is 0. The first kappa shape index (κ1) is 10.7. The molecular weight excluding hydrogens is 176 g/mol. The highest BCUT2D eigenvalue weighted by Gasteiger charge is 2.02. The molecule has 0 aromatic heterocycles. The van der Waals surface area contributed by atoms with Crippen LogP contribution in [0.5, 0.6) is 0 Å². The zero-order valence-electron chi connectivity index (χ0n) is 8.58. The number of benzene rings is 1. The van der Waals surface area contributed by atoms with E-state index in [9.17, 15) is 4.79 Å². The quantitative estimate of drug-likeness (QED) is 0.762. The van der Waals surface area contributed by atoms with Crippen LogP contribution in [0.4, 0.5) is 0 Å². The Bertz CT molecular complexity index is 283. The fourth-order valence-electron chi connectivity index (χ4n) is 1.03. The Morgan fingerprint density at radius 2 is 2.07 bits per heavy atom. The number of likely N-dealkylation sites (N-methyl/N-ethyl adjacent to an activating group) is 1. The van der Waals surface area contributed by atoms with Gasteiger partial charge in [-0.3, -0.25) is 4.79 Å². The van der Waals surface area contributed by atoms with Gasteiger partial charge in [0, 0.05) is 18.7 Å². The van der Waals surface area contributed by atoms with Crippen LogP contribution in [0.1, 0.15) is 10.4 Å². The van der Waals surface area contributed by atoms with Crippen molar-refractivity contribution in [1.82, 2.24) is 10.2 Å². The summed E-state index contributed by atoms with van der Waals surface area (Å²) >= 11 is 0. The second kappa shape index (κ2) is 5.40. The molecule has 0 aliphatic rings. The van der Waals surface area contributed by atoms with Crippen molar-refractivity contribution in [2.24, 2.45) is 0 Å². The lowest BCUT2D eigenvalue weighted by atomic mass is 10.2. The standard InChI is InChI=1S/C11H15N2O/c1-13(2)9-8-12-11(14)10-6-4-3-5-7-10/h4-7H,8-9H2,1-2H3,(H,12,14). The first-order chi connectivity index (χ1) is 6.70. The Morgan fingerprint density at radius 1 is 1.43 bits per heavy atom. The van der Waals surface area contributed by atoms with Crippen LogP contribution in [0, 0.1) is 6.07 Å². The monoisotopic (exact) mass is 191 g/mol. The molecule has 0 atom stereocenters. The van der Waals surface area contributed by atoms with Gasteiger partial charge in [0.2, 0.25) is 0 Å². The molecule has 1 aromatic rings. The third kappa shape index (κ3) is 3.58. The zero-order valence-corrected chi connectivity index (χ0v) is 8.58. The molecule has 1 rings (SSSR count). The maximum atomic E-state index is 11.5. The number of amides is 1. The molecule has 75 valence electrons. The second-order valence-electron chi connectivity index (χ2n) is 3.35. The first-order valence-electron chi connectivity index (χ1n) is 4.59. The Morgan fingerprint density at radius 3 is 2.64 bits per heavy atom. The number of rotatable bonds is 4. The van der Waals surface area contributed by atoms with Gasteiger partial charge < -0.3 is 10.2 Å². The number of hydrogen-bond acceptors (Lipinski definition) is 2. The average Bonchev–Trinajstić information content (AvgIpc) is 2.18. The van der Waals surface area contributed by atoms with Crippen molar-refractivity contribution in [2.75, 3.05) is 27.2 Å². The van der Waals surface area contributed by atoms with E-state index in [4.69, 9.17) is 0 Å². The van der Waals surface area contributed by atoms with E-state index in [1.807, 2.05) is 19.0 Å². The summed E-state index contributed by atoms with van der Waals surface area (Å²) in [6, 6.07) is 9.86. The van der Waals surface area contributed by atoms with Gasteiger partial charge in [-0.2, -0.15) is 0 Å². The van der Waals surface area contributed by atoms with Gasteiger partial charge in [-0.05, 0) is 32.3 Å². The van der Waals surface area contributed by atoms with Crippen molar-refractivity contribution in [1.29, 1.82) is 0 Å². The Kier molecular flexibility index (Phi) is 4.13. The summed E-state index contributed by atoms with van der Waals surface area (Å²) in [6.45, 7) is 1.52. The van der Waals surface area contributed by atoms with Gasteiger partial charge in [0.1, 0.15) is 0 Å². The normalized spacial score (nSPS) is 10.2. The minimum absolute atomic E-state index is 0.0270. The minimum Gasteiger partial charge on any atom is -0.351 e. The summed E-state index contributed by atoms with van der Waals surface area (Å²) in [4.78, 5) is 13.5. The molecule has 1 N–H and O–H groups in total. The fourth-order valence-corrected chi connectivity index (χ4v) is 1.03. The molecule has 0 aliphatic carbocycles. The molecule has 0 spiro atoms. The van der Waals surface area contributed by atoms with Gasteiger partial charge in [-0.1, -0.05) is 12.1 Å². The lowest BCUT2D eigenvalue weighted by molar-refractivity contribution is 0.0951. The highest BCUT2D eigenvalue weighted by molar-refractivity contribution is 5.94. The molecular formula is C11H15N2O. The van der Waals surface area contributed by atoms with E-state index in [0.717, 1.165) is 6.54 Å². The molecule has 14 heavy (non-hydrogen) atoms. The van der Waals surface area contributed by atoms with Gasteiger partial charge in [0.25, 0.3) is 5.91 Å². The predicted octanol–water partition coefficient (Wildman–Crippen LogP) is 0.778. The lowest BCUT2D eigenvalue weighted by Gasteiger charge is -2.10. The third-order valence-electron chi connectivity index (χ3n) is 1.82. The highest BCUT2D eigenvalue weighted by Crippen LogP contribution is 1.96. The molecule has 1 amide bonds. The van der Waals surface area contributed by atoms with Crippen molar-refractivity contribution in [3.05, 3.63) is 35.9 Å². The maximum absolute atomic E-state index is 11.5. The van der Waals surface area contributed by atoms with E-state index < -0.39 is 0 Å². The smallest absolute Gasteiger partial charge is 0.251 e. The number of nitrogens with zero attached hydrogens (tertiary/aromatic N) is 1. The molecule has 1 aromatic carbocycles. The van der Waals surface area contributed by atoms with Gasteiger partial charge in [-0.15, -0.1) is 0 Å².